The second-order valence-electron chi connectivity index (χ2n) is 6.83. The highest BCUT2D eigenvalue weighted by atomic mass is 32.2. The van der Waals surface area contributed by atoms with Gasteiger partial charge in [-0.25, -0.2) is 14.6 Å². The monoisotopic (exact) mass is 457 g/mol. The average Bonchev–Trinajstić information content (AvgIpc) is 3.17. The van der Waals surface area contributed by atoms with Gasteiger partial charge in [-0.3, -0.25) is 9.59 Å². The quantitative estimate of drug-likeness (QED) is 0.228. The number of amides is 2. The van der Waals surface area contributed by atoms with Crippen molar-refractivity contribution in [3.63, 3.8) is 0 Å². The van der Waals surface area contributed by atoms with Gasteiger partial charge in [-0.1, -0.05) is 18.7 Å². The van der Waals surface area contributed by atoms with E-state index in [-0.39, 0.29) is 11.8 Å². The SMILES string of the molecule is CCSc1nc(NCCOC)c2cnn(CCNC(=O)c3ccc(NC(C)=O)cc3)c2n1. The Bertz CT molecular complexity index is 1070. The maximum atomic E-state index is 12.4. The van der Waals surface area contributed by atoms with Crippen molar-refractivity contribution in [3.8, 4) is 0 Å². The first-order valence-electron chi connectivity index (χ1n) is 10.3. The highest BCUT2D eigenvalue weighted by molar-refractivity contribution is 7.99. The molecule has 0 aliphatic rings. The van der Waals surface area contributed by atoms with Crippen LogP contribution in [0.5, 0.6) is 0 Å². The molecule has 11 heteroatoms. The Morgan fingerprint density at radius 2 is 1.94 bits per heavy atom. The number of thioether (sulfide) groups is 1. The van der Waals surface area contributed by atoms with Crippen molar-refractivity contribution in [3.05, 3.63) is 36.0 Å². The van der Waals surface area contributed by atoms with Crippen molar-refractivity contribution < 1.29 is 14.3 Å². The summed E-state index contributed by atoms with van der Waals surface area (Å²) in [6.45, 7) is 5.52. The summed E-state index contributed by atoms with van der Waals surface area (Å²) in [7, 11) is 1.65. The van der Waals surface area contributed by atoms with Crippen LogP contribution in [0.3, 0.4) is 0 Å². The van der Waals surface area contributed by atoms with E-state index in [2.05, 4.69) is 31.0 Å². The summed E-state index contributed by atoms with van der Waals surface area (Å²) in [5.41, 5.74) is 1.87. The van der Waals surface area contributed by atoms with Crippen molar-refractivity contribution in [2.45, 2.75) is 25.5 Å². The van der Waals surface area contributed by atoms with E-state index >= 15 is 0 Å². The van der Waals surface area contributed by atoms with Gasteiger partial charge in [0.2, 0.25) is 5.91 Å². The lowest BCUT2D eigenvalue weighted by molar-refractivity contribution is -0.114. The van der Waals surface area contributed by atoms with Crippen LogP contribution < -0.4 is 16.0 Å². The van der Waals surface area contributed by atoms with E-state index in [1.165, 1.54) is 6.92 Å². The number of benzene rings is 1. The molecule has 10 nitrogen and oxygen atoms in total. The molecular formula is C21H27N7O3S. The molecule has 0 fully saturated rings. The van der Waals surface area contributed by atoms with Crippen molar-refractivity contribution in [1.29, 1.82) is 0 Å². The summed E-state index contributed by atoms with van der Waals surface area (Å²) in [6, 6.07) is 6.73. The van der Waals surface area contributed by atoms with Crippen molar-refractivity contribution in [1.82, 2.24) is 25.1 Å². The standard InChI is InChI=1S/C21H27N7O3S/c1-4-32-21-26-18(22-10-12-31-3)17-13-24-28(19(17)27-21)11-9-23-20(30)15-5-7-16(8-6-15)25-14(2)29/h5-8,13H,4,9-12H2,1-3H3,(H,23,30)(H,25,29)(H,22,26,27). The minimum absolute atomic E-state index is 0.157. The number of rotatable bonds is 11. The smallest absolute Gasteiger partial charge is 0.251 e. The van der Waals surface area contributed by atoms with Crippen LogP contribution in [0.15, 0.2) is 35.6 Å². The summed E-state index contributed by atoms with van der Waals surface area (Å²) in [6.07, 6.45) is 1.73. The number of carbonyl (C=O) groups is 2. The lowest BCUT2D eigenvalue weighted by atomic mass is 10.2. The number of fused-ring (bicyclic) bond motifs is 1. The predicted octanol–water partition coefficient (Wildman–Crippen LogP) is 2.38. The van der Waals surface area contributed by atoms with E-state index in [0.717, 1.165) is 17.0 Å². The summed E-state index contributed by atoms with van der Waals surface area (Å²) in [4.78, 5) is 32.8. The van der Waals surface area contributed by atoms with Gasteiger partial charge < -0.3 is 20.7 Å². The minimum Gasteiger partial charge on any atom is -0.383 e. The fraction of sp³-hybridized carbons (Fsp3) is 0.381. The second-order valence-corrected chi connectivity index (χ2v) is 8.06. The molecule has 3 N–H and O–H groups in total. The lowest BCUT2D eigenvalue weighted by Crippen LogP contribution is -2.27. The third-order valence-electron chi connectivity index (χ3n) is 4.42. The molecule has 0 saturated carbocycles. The van der Waals surface area contributed by atoms with E-state index in [1.54, 1.807) is 54.0 Å². The number of nitrogens with zero attached hydrogens (tertiary/aromatic N) is 4. The molecule has 1 aromatic carbocycles. The molecule has 0 aliphatic heterocycles. The zero-order chi connectivity index (χ0) is 22.9. The van der Waals surface area contributed by atoms with E-state index in [0.29, 0.717) is 48.3 Å². The summed E-state index contributed by atoms with van der Waals surface area (Å²) in [5, 5.41) is 14.8. The van der Waals surface area contributed by atoms with Gasteiger partial charge in [-0.15, -0.1) is 0 Å². The normalized spacial score (nSPS) is 10.8. The fourth-order valence-corrected chi connectivity index (χ4v) is 3.55. The van der Waals surface area contributed by atoms with Crippen molar-refractivity contribution in [2.24, 2.45) is 0 Å². The molecule has 2 heterocycles. The topological polar surface area (TPSA) is 123 Å². The van der Waals surface area contributed by atoms with E-state index in [4.69, 9.17) is 4.74 Å². The van der Waals surface area contributed by atoms with Gasteiger partial charge in [0.25, 0.3) is 5.91 Å². The Morgan fingerprint density at radius 1 is 1.16 bits per heavy atom. The minimum atomic E-state index is -0.199. The van der Waals surface area contributed by atoms with Gasteiger partial charge in [-0.2, -0.15) is 5.10 Å². The maximum absolute atomic E-state index is 12.4. The number of carbonyl (C=O) groups excluding carboxylic acids is 2. The second kappa shape index (κ2) is 11.4. The Balaban J connectivity index is 1.66. The van der Waals surface area contributed by atoms with Crippen molar-refractivity contribution in [2.75, 3.05) is 43.2 Å². The van der Waals surface area contributed by atoms with Crippen LogP contribution in [0.2, 0.25) is 0 Å². The third-order valence-corrected chi connectivity index (χ3v) is 5.15. The summed E-state index contributed by atoms with van der Waals surface area (Å²) < 4.78 is 6.87. The number of hydrogen-bond acceptors (Lipinski definition) is 8. The number of methoxy groups -OCH3 is 1. The molecule has 3 aromatic rings. The first-order valence-corrected chi connectivity index (χ1v) is 11.3. The zero-order valence-electron chi connectivity index (χ0n) is 18.3. The molecular weight excluding hydrogens is 430 g/mol. The lowest BCUT2D eigenvalue weighted by Gasteiger charge is -2.10. The molecule has 170 valence electrons. The number of hydrogen-bond donors (Lipinski definition) is 3. The molecule has 3 rings (SSSR count). The first kappa shape index (κ1) is 23.5. The molecule has 2 amide bonds. The Morgan fingerprint density at radius 3 is 2.62 bits per heavy atom. The summed E-state index contributed by atoms with van der Waals surface area (Å²) >= 11 is 1.56. The number of aromatic nitrogens is 4. The molecule has 0 bridgehead atoms. The summed E-state index contributed by atoms with van der Waals surface area (Å²) in [5.74, 6) is 1.22. The zero-order valence-corrected chi connectivity index (χ0v) is 19.2. The van der Waals surface area contributed by atoms with Crippen LogP contribution >= 0.6 is 11.8 Å². The molecule has 0 spiro atoms. The third kappa shape index (κ3) is 6.17. The predicted molar refractivity (Wildman–Crippen MR) is 125 cm³/mol. The van der Waals surface area contributed by atoms with E-state index in [1.807, 2.05) is 6.92 Å². The van der Waals surface area contributed by atoms with Gasteiger partial charge >= 0.3 is 0 Å². The van der Waals surface area contributed by atoms with Crippen LogP contribution in [0, 0.1) is 0 Å². The van der Waals surface area contributed by atoms with Gasteiger partial charge in [-0.05, 0) is 30.0 Å². The molecule has 0 unspecified atom stereocenters. The molecule has 0 saturated heterocycles. The molecule has 0 aliphatic carbocycles. The van der Waals surface area contributed by atoms with E-state index in [9.17, 15) is 9.59 Å². The van der Waals surface area contributed by atoms with Crippen LogP contribution in [-0.2, 0) is 16.1 Å². The molecule has 0 radical (unpaired) electrons. The first-order chi connectivity index (χ1) is 15.5. The number of ether oxygens (including phenoxy) is 1. The maximum Gasteiger partial charge on any atom is 0.251 e. The van der Waals surface area contributed by atoms with Gasteiger partial charge in [0.15, 0.2) is 10.8 Å². The van der Waals surface area contributed by atoms with Gasteiger partial charge in [0, 0.05) is 38.4 Å². The Kier molecular flexibility index (Phi) is 8.40. The molecule has 32 heavy (non-hydrogen) atoms. The Labute approximate surface area is 190 Å². The van der Waals surface area contributed by atoms with Crippen LogP contribution in [-0.4, -0.2) is 64.1 Å². The molecule has 0 atom stereocenters. The van der Waals surface area contributed by atoms with Crippen LogP contribution in [0.25, 0.3) is 11.0 Å². The highest BCUT2D eigenvalue weighted by Crippen LogP contribution is 2.24. The van der Waals surface area contributed by atoms with Crippen LogP contribution in [0.1, 0.15) is 24.2 Å². The fourth-order valence-electron chi connectivity index (χ4n) is 2.98. The van der Waals surface area contributed by atoms with E-state index < -0.39 is 0 Å². The van der Waals surface area contributed by atoms with Crippen molar-refractivity contribution >= 4 is 46.1 Å². The van der Waals surface area contributed by atoms with Crippen LogP contribution in [0.4, 0.5) is 11.5 Å². The number of anilines is 2. The van der Waals surface area contributed by atoms with Gasteiger partial charge in [0.05, 0.1) is 24.7 Å². The molecule has 2 aromatic heterocycles. The average molecular weight is 458 g/mol. The largest absolute Gasteiger partial charge is 0.383 e. The van der Waals surface area contributed by atoms with Gasteiger partial charge in [0.1, 0.15) is 5.82 Å². The Hall–Kier alpha value is -3.18. The number of nitrogens with one attached hydrogen (secondary N) is 3. The highest BCUT2D eigenvalue weighted by Gasteiger charge is 2.13.